The quantitative estimate of drug-likeness (QED) is 0.563. The Balaban J connectivity index is 1.52. The largest absolute Gasteiger partial charge is 0.406 e. The molecule has 0 spiro atoms. The van der Waals surface area contributed by atoms with Gasteiger partial charge in [0.2, 0.25) is 0 Å². The highest BCUT2D eigenvalue weighted by Crippen LogP contribution is 2.45. The number of pyridine rings is 1. The molecular formula is C25H18F3N5O2. The third-order valence-corrected chi connectivity index (χ3v) is 5.78. The van der Waals surface area contributed by atoms with Crippen LogP contribution in [-0.4, -0.2) is 29.5 Å². The Hall–Kier alpha value is -4.34. The van der Waals surface area contributed by atoms with E-state index in [-0.39, 0.29) is 23.7 Å². The lowest BCUT2D eigenvalue weighted by atomic mass is 9.89. The van der Waals surface area contributed by atoms with Crippen molar-refractivity contribution >= 4 is 17.5 Å². The van der Waals surface area contributed by atoms with Gasteiger partial charge in [0, 0.05) is 30.1 Å². The van der Waals surface area contributed by atoms with Crippen molar-refractivity contribution in [1.82, 2.24) is 10.3 Å². The van der Waals surface area contributed by atoms with Crippen molar-refractivity contribution in [3.05, 3.63) is 95.5 Å². The van der Waals surface area contributed by atoms with Crippen LogP contribution in [0.25, 0.3) is 11.1 Å². The van der Waals surface area contributed by atoms with Gasteiger partial charge in [-0.25, -0.2) is 0 Å². The fourth-order valence-corrected chi connectivity index (χ4v) is 4.19. The van der Waals surface area contributed by atoms with Crippen LogP contribution >= 0.6 is 0 Å². The maximum absolute atomic E-state index is 13.4. The summed E-state index contributed by atoms with van der Waals surface area (Å²) in [7, 11) is 0. The zero-order chi connectivity index (χ0) is 24.6. The van der Waals surface area contributed by atoms with E-state index in [1.165, 1.54) is 12.3 Å². The van der Waals surface area contributed by atoms with Crippen LogP contribution in [0.3, 0.4) is 0 Å². The minimum Gasteiger partial charge on any atom is -0.348 e. The molecule has 10 heteroatoms. The molecule has 1 aromatic heterocycles. The highest BCUT2D eigenvalue weighted by molar-refractivity contribution is 6.10. The third kappa shape index (κ3) is 4.42. The molecule has 3 heterocycles. The predicted octanol–water partition coefficient (Wildman–Crippen LogP) is 4.98. The molecule has 2 aliphatic heterocycles. The van der Waals surface area contributed by atoms with Gasteiger partial charge in [-0.1, -0.05) is 36.4 Å². The second kappa shape index (κ2) is 8.79. The molecule has 0 bridgehead atoms. The number of hydrogen-bond donors (Lipinski definition) is 1. The number of carbonyl (C=O) groups is 2. The normalized spacial score (nSPS) is 16.5. The highest BCUT2D eigenvalue weighted by Gasteiger charge is 2.43. The number of azo groups is 1. The van der Waals surface area contributed by atoms with Crippen molar-refractivity contribution in [3.63, 3.8) is 0 Å². The predicted molar refractivity (Wildman–Crippen MR) is 121 cm³/mol. The summed E-state index contributed by atoms with van der Waals surface area (Å²) in [5.41, 5.74) is 2.84. The molecule has 1 N–H and O–H groups in total. The standard InChI is InChI=1S/C25H18F3N5O2/c26-25(27,28)14-33-21-10-16(7-8-19(21)22-20(24(33)35)13-31-32-22)17-5-1-2-6-18(17)23(34)30-12-15-4-3-9-29-11-15/h1-11,13,22H,12,14H2,(H,30,34). The molecule has 5 rings (SSSR count). The highest BCUT2D eigenvalue weighted by atomic mass is 19.4. The first-order valence-corrected chi connectivity index (χ1v) is 10.7. The number of hydrogen-bond acceptors (Lipinski definition) is 5. The SMILES string of the molecule is O=C(NCc1cccnc1)c1ccccc1-c1ccc2c(c1)N(CC(F)(F)F)C(=O)C1=CN=NC12. The first-order valence-electron chi connectivity index (χ1n) is 10.7. The van der Waals surface area contributed by atoms with Crippen molar-refractivity contribution in [1.29, 1.82) is 0 Å². The molecule has 0 saturated carbocycles. The number of halogens is 3. The maximum Gasteiger partial charge on any atom is 0.406 e. The molecule has 176 valence electrons. The topological polar surface area (TPSA) is 87.0 Å². The number of nitrogens with zero attached hydrogens (tertiary/aromatic N) is 4. The Labute approximate surface area is 198 Å². The third-order valence-electron chi connectivity index (χ3n) is 5.78. The Morgan fingerprint density at radius 2 is 1.91 bits per heavy atom. The van der Waals surface area contributed by atoms with Crippen LogP contribution in [0.15, 0.2) is 89.0 Å². The van der Waals surface area contributed by atoms with Gasteiger partial charge >= 0.3 is 6.18 Å². The average Bonchev–Trinajstić information content (AvgIpc) is 3.35. The summed E-state index contributed by atoms with van der Waals surface area (Å²) < 4.78 is 40.1. The average molecular weight is 477 g/mol. The van der Waals surface area contributed by atoms with Crippen LogP contribution in [0, 0.1) is 0 Å². The number of benzene rings is 2. The van der Waals surface area contributed by atoms with E-state index in [9.17, 15) is 22.8 Å². The van der Waals surface area contributed by atoms with Crippen molar-refractivity contribution in [2.75, 3.05) is 11.4 Å². The van der Waals surface area contributed by atoms with Crippen molar-refractivity contribution in [3.8, 4) is 11.1 Å². The summed E-state index contributed by atoms with van der Waals surface area (Å²) >= 11 is 0. The van der Waals surface area contributed by atoms with Gasteiger partial charge in [0.15, 0.2) is 0 Å². The summed E-state index contributed by atoms with van der Waals surface area (Å²) in [5.74, 6) is -1.13. The second-order valence-corrected chi connectivity index (χ2v) is 8.09. The molecule has 1 atom stereocenters. The van der Waals surface area contributed by atoms with Crippen LogP contribution in [0.2, 0.25) is 0 Å². The van der Waals surface area contributed by atoms with Gasteiger partial charge in [0.25, 0.3) is 11.8 Å². The smallest absolute Gasteiger partial charge is 0.348 e. The van der Waals surface area contributed by atoms with Crippen molar-refractivity contribution in [2.45, 2.75) is 18.8 Å². The van der Waals surface area contributed by atoms with E-state index in [0.29, 0.717) is 27.2 Å². The van der Waals surface area contributed by atoms with Crippen LogP contribution in [0.4, 0.5) is 18.9 Å². The molecule has 3 aromatic rings. The molecule has 2 aromatic carbocycles. The molecule has 7 nitrogen and oxygen atoms in total. The lowest BCUT2D eigenvalue weighted by Gasteiger charge is -2.33. The first-order chi connectivity index (χ1) is 16.8. The lowest BCUT2D eigenvalue weighted by molar-refractivity contribution is -0.130. The molecule has 35 heavy (non-hydrogen) atoms. The van der Waals surface area contributed by atoms with Gasteiger partial charge in [-0.05, 0) is 34.9 Å². The van der Waals surface area contributed by atoms with Gasteiger partial charge < -0.3 is 5.32 Å². The lowest BCUT2D eigenvalue weighted by Crippen LogP contribution is -2.43. The summed E-state index contributed by atoms with van der Waals surface area (Å²) in [5, 5.41) is 10.6. The molecule has 1 unspecified atom stereocenters. The van der Waals surface area contributed by atoms with E-state index < -0.39 is 24.7 Å². The fraction of sp³-hybridized carbons (Fsp3) is 0.160. The molecule has 0 aliphatic carbocycles. The zero-order valence-electron chi connectivity index (χ0n) is 18.2. The van der Waals surface area contributed by atoms with Crippen LogP contribution in [0.5, 0.6) is 0 Å². The van der Waals surface area contributed by atoms with Gasteiger partial charge in [-0.15, -0.1) is 0 Å². The molecule has 2 amide bonds. The number of carbonyl (C=O) groups excluding carboxylic acids is 2. The maximum atomic E-state index is 13.4. The van der Waals surface area contributed by atoms with E-state index in [0.717, 1.165) is 5.56 Å². The minimum atomic E-state index is -4.60. The zero-order valence-corrected chi connectivity index (χ0v) is 18.2. The number of aromatic nitrogens is 1. The number of fused-ring (bicyclic) bond motifs is 3. The van der Waals surface area contributed by atoms with Crippen LogP contribution in [0.1, 0.15) is 27.5 Å². The molecular weight excluding hydrogens is 459 g/mol. The van der Waals surface area contributed by atoms with E-state index in [1.807, 2.05) is 6.07 Å². The molecule has 0 saturated heterocycles. The van der Waals surface area contributed by atoms with Gasteiger partial charge in [0.05, 0.1) is 17.5 Å². The number of alkyl halides is 3. The van der Waals surface area contributed by atoms with Crippen molar-refractivity contribution in [2.24, 2.45) is 10.2 Å². The summed E-state index contributed by atoms with van der Waals surface area (Å²) in [6, 6.07) is 14.5. The fourth-order valence-electron chi connectivity index (χ4n) is 4.19. The van der Waals surface area contributed by atoms with E-state index in [1.54, 1.807) is 54.9 Å². The van der Waals surface area contributed by atoms with E-state index in [2.05, 4.69) is 20.5 Å². The Morgan fingerprint density at radius 3 is 2.69 bits per heavy atom. The van der Waals surface area contributed by atoms with Gasteiger partial charge in [0.1, 0.15) is 12.6 Å². The molecule has 0 radical (unpaired) electrons. The van der Waals surface area contributed by atoms with Gasteiger partial charge in [-0.3, -0.25) is 19.5 Å². The van der Waals surface area contributed by atoms with Crippen LogP contribution < -0.4 is 10.2 Å². The number of rotatable bonds is 5. The second-order valence-electron chi connectivity index (χ2n) is 8.09. The Kier molecular flexibility index (Phi) is 5.64. The van der Waals surface area contributed by atoms with Crippen molar-refractivity contribution < 1.29 is 22.8 Å². The van der Waals surface area contributed by atoms with Crippen LogP contribution in [-0.2, 0) is 11.3 Å². The summed E-state index contributed by atoms with van der Waals surface area (Å²) in [4.78, 5) is 30.6. The number of nitrogens with one attached hydrogen (secondary N) is 1. The number of anilines is 1. The molecule has 2 aliphatic rings. The number of amides is 2. The Bertz CT molecular complexity index is 1370. The summed E-state index contributed by atoms with van der Waals surface area (Å²) in [6.45, 7) is -1.18. The van der Waals surface area contributed by atoms with E-state index >= 15 is 0 Å². The summed E-state index contributed by atoms with van der Waals surface area (Å²) in [6.07, 6.45) is -0.122. The Morgan fingerprint density at radius 1 is 1.09 bits per heavy atom. The van der Waals surface area contributed by atoms with E-state index in [4.69, 9.17) is 0 Å². The first kappa shape index (κ1) is 22.5. The minimum absolute atomic E-state index is 0.0957. The van der Waals surface area contributed by atoms with Gasteiger partial charge in [-0.2, -0.15) is 23.4 Å². The monoisotopic (exact) mass is 477 g/mol. The molecule has 0 fully saturated rings.